The Kier molecular flexibility index (Phi) is 15.0. The van der Waals surface area contributed by atoms with Crippen LogP contribution in [0.2, 0.25) is 0 Å². The molecule has 0 aromatic heterocycles. The number of amides is 6. The zero-order chi connectivity index (χ0) is 42.0. The molecule has 18 heteroatoms. The lowest BCUT2D eigenvalue weighted by atomic mass is 9.98. The summed E-state index contributed by atoms with van der Waals surface area (Å²) in [5.41, 5.74) is 1.32. The van der Waals surface area contributed by atoms with Crippen molar-refractivity contribution in [1.82, 2.24) is 31.5 Å². The Labute approximate surface area is 328 Å². The van der Waals surface area contributed by atoms with Crippen molar-refractivity contribution in [2.75, 3.05) is 6.54 Å². The smallest absolute Gasteiger partial charge is 0.305 e. The average molecular weight is 793 g/mol. The highest BCUT2D eigenvalue weighted by Gasteiger charge is 2.42. The van der Waals surface area contributed by atoms with Crippen molar-refractivity contribution in [3.8, 4) is 0 Å². The minimum Gasteiger partial charge on any atom is -0.481 e. The van der Waals surface area contributed by atoms with E-state index in [9.17, 15) is 58.5 Å². The van der Waals surface area contributed by atoms with Gasteiger partial charge in [-0.2, -0.15) is 0 Å². The Hall–Kier alpha value is -6.17. The molecule has 7 atom stereocenters. The molecule has 4 rings (SSSR count). The maximum atomic E-state index is 14.1. The van der Waals surface area contributed by atoms with E-state index in [0.29, 0.717) is 23.1 Å². The summed E-state index contributed by atoms with van der Waals surface area (Å²) < 4.78 is 0. The lowest BCUT2D eigenvalue weighted by molar-refractivity contribution is -0.147. The van der Waals surface area contributed by atoms with E-state index in [1.807, 2.05) is 0 Å². The fourth-order valence-electron chi connectivity index (χ4n) is 6.69. The summed E-state index contributed by atoms with van der Waals surface area (Å²) in [6.45, 7) is 4.60. The number of carbonyl (C=O) groups is 9. The second-order valence-electron chi connectivity index (χ2n) is 14.6. The van der Waals surface area contributed by atoms with Crippen LogP contribution in [-0.2, 0) is 44.8 Å². The highest BCUT2D eigenvalue weighted by atomic mass is 16.4. The molecule has 306 valence electrons. The summed E-state index contributed by atoms with van der Waals surface area (Å²) in [4.78, 5) is 120. The molecule has 2 aromatic carbocycles. The molecule has 18 nitrogen and oxygen atoms in total. The van der Waals surface area contributed by atoms with Crippen molar-refractivity contribution in [2.45, 2.75) is 102 Å². The topological polar surface area (TPSA) is 278 Å². The number of fused-ring (bicyclic) bond motifs is 1. The van der Waals surface area contributed by atoms with Crippen molar-refractivity contribution in [3.05, 3.63) is 71.3 Å². The van der Waals surface area contributed by atoms with E-state index in [-0.39, 0.29) is 37.5 Å². The third-order valence-electron chi connectivity index (χ3n) is 9.57. The summed E-state index contributed by atoms with van der Waals surface area (Å²) in [6.07, 6.45) is -3.31. The molecule has 0 bridgehead atoms. The van der Waals surface area contributed by atoms with E-state index in [2.05, 4.69) is 26.6 Å². The number of aliphatic hydroxyl groups excluding tert-OH is 1. The Morgan fingerprint density at radius 2 is 1.19 bits per heavy atom. The zero-order valence-electron chi connectivity index (χ0n) is 31.7. The lowest BCUT2D eigenvalue weighted by Crippen LogP contribution is -2.63. The SMILES string of the molecule is CC(C)C[C@@H]1NC(=O)[C@H](Cc2ccc(C(=O)c3ccccc3)cc2)NC(=O)[C@H]2CCCN2C(=O)[C@H](CC(=O)O)NC(=O)[C@H]([C@@H](C)O)NC(=O)[C@H](CC(=O)O)NC1=O. The fraction of sp³-hybridized carbons (Fsp3) is 0.462. The van der Waals surface area contributed by atoms with Gasteiger partial charge in [-0.3, -0.25) is 43.2 Å². The first-order valence-corrected chi connectivity index (χ1v) is 18.6. The highest BCUT2D eigenvalue weighted by Crippen LogP contribution is 2.21. The van der Waals surface area contributed by atoms with Crippen LogP contribution in [0.25, 0.3) is 0 Å². The van der Waals surface area contributed by atoms with Crippen LogP contribution < -0.4 is 26.6 Å². The summed E-state index contributed by atoms with van der Waals surface area (Å²) in [5, 5.41) is 41.7. The van der Waals surface area contributed by atoms with Gasteiger partial charge in [-0.25, -0.2) is 0 Å². The number of nitrogens with one attached hydrogen (secondary N) is 5. The number of carboxylic acid groups (broad SMARTS) is 2. The number of aliphatic carboxylic acids is 2. The molecule has 0 radical (unpaired) electrons. The number of aliphatic hydroxyl groups is 1. The van der Waals surface area contributed by atoms with Crippen LogP contribution in [-0.4, -0.2) is 122 Å². The Morgan fingerprint density at radius 3 is 1.79 bits per heavy atom. The number of hydrogen-bond donors (Lipinski definition) is 8. The molecule has 2 heterocycles. The van der Waals surface area contributed by atoms with Crippen LogP contribution in [0.15, 0.2) is 54.6 Å². The normalized spacial score (nSPS) is 24.5. The molecular formula is C39H48N6O12. The third-order valence-corrected chi connectivity index (χ3v) is 9.57. The summed E-state index contributed by atoms with van der Waals surface area (Å²) in [7, 11) is 0. The lowest BCUT2D eigenvalue weighted by Gasteiger charge is -2.31. The quantitative estimate of drug-likeness (QED) is 0.131. The van der Waals surface area contributed by atoms with Crippen molar-refractivity contribution < 1.29 is 58.5 Å². The molecular weight excluding hydrogens is 744 g/mol. The van der Waals surface area contributed by atoms with Gasteiger partial charge in [0.25, 0.3) is 0 Å². The number of rotatable bonds is 11. The molecule has 2 aliphatic heterocycles. The van der Waals surface area contributed by atoms with Gasteiger partial charge in [0.2, 0.25) is 35.4 Å². The molecule has 0 saturated carbocycles. The van der Waals surface area contributed by atoms with Crippen LogP contribution in [0.1, 0.15) is 74.4 Å². The second-order valence-corrected chi connectivity index (χ2v) is 14.6. The van der Waals surface area contributed by atoms with E-state index >= 15 is 0 Å². The molecule has 2 aliphatic rings. The largest absolute Gasteiger partial charge is 0.481 e. The standard InChI is InChI=1S/C39H48N6O12/c1-20(2)16-25-34(52)41-27(18-30(47)48)36(54)44-32(21(3)46)38(56)43-28(19-31(49)50)39(57)45-15-7-10-29(45)37(55)42-26(35(53)40-25)17-22-11-13-24(14-12-22)33(51)23-8-5-4-6-9-23/h4-6,8-9,11-14,20-21,25-29,32,46H,7,10,15-19H2,1-3H3,(H,40,53)(H,41,52)(H,42,55)(H,43,56)(H,44,54)(H,47,48)(H,49,50)/t21-,25+,26+,27+,28+,29-,32+/m1/s1. The highest BCUT2D eigenvalue weighted by molar-refractivity contribution is 6.09. The minimum atomic E-state index is -1.84. The summed E-state index contributed by atoms with van der Waals surface area (Å²) >= 11 is 0. The van der Waals surface area contributed by atoms with Gasteiger partial charge in [0.15, 0.2) is 5.78 Å². The number of hydrogen-bond acceptors (Lipinski definition) is 10. The van der Waals surface area contributed by atoms with Crippen LogP contribution in [0.4, 0.5) is 0 Å². The third kappa shape index (κ3) is 11.9. The zero-order valence-corrected chi connectivity index (χ0v) is 31.7. The van der Waals surface area contributed by atoms with Crippen molar-refractivity contribution in [1.29, 1.82) is 0 Å². The van der Waals surface area contributed by atoms with E-state index in [1.54, 1.807) is 68.4 Å². The number of nitrogens with zero attached hydrogens (tertiary/aromatic N) is 1. The van der Waals surface area contributed by atoms with Gasteiger partial charge < -0.3 is 46.8 Å². The van der Waals surface area contributed by atoms with Gasteiger partial charge in [0, 0.05) is 24.1 Å². The van der Waals surface area contributed by atoms with Gasteiger partial charge in [0.05, 0.1) is 18.9 Å². The Morgan fingerprint density at radius 1 is 0.667 bits per heavy atom. The van der Waals surface area contributed by atoms with Gasteiger partial charge in [-0.1, -0.05) is 68.4 Å². The molecule has 2 aromatic rings. The maximum Gasteiger partial charge on any atom is 0.305 e. The van der Waals surface area contributed by atoms with Crippen LogP contribution in [0, 0.1) is 5.92 Å². The predicted molar refractivity (Wildman–Crippen MR) is 200 cm³/mol. The number of carboxylic acids is 2. The summed E-state index contributed by atoms with van der Waals surface area (Å²) in [6, 6.07) is 5.48. The predicted octanol–water partition coefficient (Wildman–Crippen LogP) is -0.735. The monoisotopic (exact) mass is 792 g/mol. The van der Waals surface area contributed by atoms with Gasteiger partial charge >= 0.3 is 11.9 Å². The van der Waals surface area contributed by atoms with Gasteiger partial charge in [0.1, 0.15) is 36.3 Å². The van der Waals surface area contributed by atoms with Crippen LogP contribution >= 0.6 is 0 Å². The molecule has 57 heavy (non-hydrogen) atoms. The molecule has 0 aliphatic carbocycles. The summed E-state index contributed by atoms with van der Waals surface area (Å²) in [5.74, 6) is -9.42. The first-order valence-electron chi connectivity index (χ1n) is 18.6. The first-order chi connectivity index (χ1) is 26.9. The Balaban J connectivity index is 1.75. The Bertz CT molecular complexity index is 1850. The molecule has 2 saturated heterocycles. The second kappa shape index (κ2) is 19.6. The van der Waals surface area contributed by atoms with E-state index < -0.39 is 103 Å². The number of benzene rings is 2. The average Bonchev–Trinajstić information content (AvgIpc) is 3.65. The minimum absolute atomic E-state index is 0.00448. The number of carbonyl (C=O) groups excluding carboxylic acids is 7. The number of ketones is 1. The molecule has 0 unspecified atom stereocenters. The first kappa shape index (κ1) is 43.6. The fourth-order valence-corrected chi connectivity index (χ4v) is 6.69. The van der Waals surface area contributed by atoms with E-state index in [0.717, 1.165) is 11.8 Å². The van der Waals surface area contributed by atoms with E-state index in [4.69, 9.17) is 0 Å². The molecule has 6 amide bonds. The molecule has 2 fully saturated rings. The van der Waals surface area contributed by atoms with Crippen LogP contribution in [0.3, 0.4) is 0 Å². The van der Waals surface area contributed by atoms with Crippen LogP contribution in [0.5, 0.6) is 0 Å². The van der Waals surface area contributed by atoms with Crippen molar-refractivity contribution in [2.24, 2.45) is 5.92 Å². The molecule has 0 spiro atoms. The van der Waals surface area contributed by atoms with E-state index in [1.165, 1.54) is 0 Å². The van der Waals surface area contributed by atoms with Crippen molar-refractivity contribution >= 4 is 53.2 Å². The van der Waals surface area contributed by atoms with Gasteiger partial charge in [-0.05, 0) is 37.7 Å². The van der Waals surface area contributed by atoms with Gasteiger partial charge in [-0.15, -0.1) is 0 Å². The molecule has 8 N–H and O–H groups in total. The maximum absolute atomic E-state index is 14.1. The van der Waals surface area contributed by atoms with Crippen molar-refractivity contribution in [3.63, 3.8) is 0 Å².